The quantitative estimate of drug-likeness (QED) is 0.243. The maximum atomic E-state index is 12.8. The van der Waals surface area contributed by atoms with E-state index in [1.165, 1.54) is 26.2 Å². The summed E-state index contributed by atoms with van der Waals surface area (Å²) in [4.78, 5) is 62.3. The number of aryl methyl sites for hydroxylation is 2. The Morgan fingerprint density at radius 2 is 1.49 bits per heavy atom. The first kappa shape index (κ1) is 27.4. The summed E-state index contributed by atoms with van der Waals surface area (Å²) in [5, 5.41) is 20.1. The highest BCUT2D eigenvalue weighted by Gasteiger charge is 2.42. The summed E-state index contributed by atoms with van der Waals surface area (Å²) in [6, 6.07) is 0. The Bertz CT molecular complexity index is 1430. The molecular weight excluding hydrogens is 515 g/mol. The SMILES string of the molecule is Cc1cn([C@H]2C[C@H](OP(=O)(O)CC[C@H]3O[C@@H](n4cc(C)c(=O)[nH]c4=O)C[C@@H]3O)[C@@H](CO)O2)c(=O)[nH]c1=O. The van der Waals surface area contributed by atoms with Crippen LogP contribution in [0.3, 0.4) is 0 Å². The number of hydrogen-bond acceptors (Lipinski definition) is 10. The van der Waals surface area contributed by atoms with E-state index >= 15 is 0 Å². The smallest absolute Gasteiger partial charge is 0.330 e. The molecule has 1 unspecified atom stereocenters. The fourth-order valence-corrected chi connectivity index (χ4v) is 5.78. The van der Waals surface area contributed by atoms with Gasteiger partial charge in [-0.1, -0.05) is 0 Å². The summed E-state index contributed by atoms with van der Waals surface area (Å²) in [6.45, 7) is 2.47. The van der Waals surface area contributed by atoms with Gasteiger partial charge in [0.15, 0.2) is 0 Å². The highest BCUT2D eigenvalue weighted by atomic mass is 31.2. The normalized spacial score (nSPS) is 29.4. The number of nitrogens with one attached hydrogen (secondary N) is 2. The van der Waals surface area contributed by atoms with Gasteiger partial charge in [0.2, 0.25) is 0 Å². The van der Waals surface area contributed by atoms with Crippen LogP contribution in [0.25, 0.3) is 0 Å². The molecule has 37 heavy (non-hydrogen) atoms. The van der Waals surface area contributed by atoms with Crippen LogP contribution in [0.2, 0.25) is 0 Å². The molecule has 2 saturated heterocycles. The van der Waals surface area contributed by atoms with Crippen molar-refractivity contribution in [1.29, 1.82) is 0 Å². The average Bonchev–Trinajstić information content (AvgIpc) is 3.39. The number of aromatic amines is 2. The van der Waals surface area contributed by atoms with Gasteiger partial charge >= 0.3 is 19.0 Å². The molecule has 2 fully saturated rings. The fourth-order valence-electron chi connectivity index (χ4n) is 4.45. The molecule has 0 spiro atoms. The fraction of sp³-hybridized carbons (Fsp3) is 0.619. The molecular formula is C21H29N4O11P. The summed E-state index contributed by atoms with van der Waals surface area (Å²) in [7, 11) is -4.28. The summed E-state index contributed by atoms with van der Waals surface area (Å²) in [5.74, 6) is 0. The van der Waals surface area contributed by atoms with Gasteiger partial charge in [-0.15, -0.1) is 0 Å². The number of aliphatic hydroxyl groups is 2. The maximum Gasteiger partial charge on any atom is 0.330 e. The van der Waals surface area contributed by atoms with Gasteiger partial charge in [0, 0.05) is 36.4 Å². The molecule has 4 heterocycles. The van der Waals surface area contributed by atoms with Crippen LogP contribution >= 0.6 is 7.60 Å². The van der Waals surface area contributed by atoms with E-state index in [4.69, 9.17) is 14.0 Å². The average molecular weight is 544 g/mol. The zero-order chi connectivity index (χ0) is 27.1. The van der Waals surface area contributed by atoms with Crippen molar-refractivity contribution in [2.45, 2.75) is 70.0 Å². The number of aliphatic hydroxyl groups excluding tert-OH is 2. The van der Waals surface area contributed by atoms with Crippen LogP contribution in [0.1, 0.15) is 42.8 Å². The zero-order valence-electron chi connectivity index (χ0n) is 20.1. The standard InChI is InChI=1S/C21H29N4O11P/c1-10-7-24(20(30)22-18(10)28)16-5-12(27)13(34-16)3-4-37(32,33)36-14-6-17(35-15(14)9-26)25-8-11(2)19(29)23-21(25)31/h7-8,12-17,26-27H,3-6,9H2,1-2H3,(H,32,33)(H,22,28,30)(H,23,29,31)/t12-,13+,14-,15+,16+,17+/m0/s1. The van der Waals surface area contributed by atoms with E-state index in [0.29, 0.717) is 0 Å². The van der Waals surface area contributed by atoms with Crippen LogP contribution < -0.4 is 22.5 Å². The molecule has 0 amide bonds. The third kappa shape index (κ3) is 5.93. The Kier molecular flexibility index (Phi) is 7.85. The van der Waals surface area contributed by atoms with Crippen LogP contribution in [0, 0.1) is 13.8 Å². The molecule has 0 radical (unpaired) electrons. The lowest BCUT2D eigenvalue weighted by atomic mass is 10.1. The lowest BCUT2D eigenvalue weighted by molar-refractivity contribution is -0.0436. The number of nitrogens with zero attached hydrogens (tertiary/aromatic N) is 2. The van der Waals surface area contributed by atoms with E-state index in [2.05, 4.69) is 9.97 Å². The molecule has 0 bridgehead atoms. The molecule has 2 aliphatic heterocycles. The second-order valence-corrected chi connectivity index (χ2v) is 11.2. The highest BCUT2D eigenvalue weighted by Crippen LogP contribution is 2.48. The van der Waals surface area contributed by atoms with Gasteiger partial charge in [-0.05, 0) is 20.3 Å². The van der Waals surface area contributed by atoms with Crippen LogP contribution in [-0.2, 0) is 18.6 Å². The van der Waals surface area contributed by atoms with Gasteiger partial charge in [-0.3, -0.25) is 33.3 Å². The monoisotopic (exact) mass is 544 g/mol. The first-order chi connectivity index (χ1) is 17.4. The van der Waals surface area contributed by atoms with Crippen LogP contribution in [-0.4, -0.2) is 71.4 Å². The van der Waals surface area contributed by atoms with Crippen molar-refractivity contribution in [3.63, 3.8) is 0 Å². The summed E-state index contributed by atoms with van der Waals surface area (Å²) >= 11 is 0. The van der Waals surface area contributed by atoms with Crippen molar-refractivity contribution in [1.82, 2.24) is 19.1 Å². The van der Waals surface area contributed by atoms with Gasteiger partial charge in [-0.2, -0.15) is 0 Å². The predicted octanol–water partition coefficient (Wildman–Crippen LogP) is -1.41. The van der Waals surface area contributed by atoms with E-state index in [1.807, 2.05) is 0 Å². The molecule has 204 valence electrons. The molecule has 2 aromatic heterocycles. The Morgan fingerprint density at radius 1 is 0.973 bits per heavy atom. The lowest BCUT2D eigenvalue weighted by Gasteiger charge is -2.22. The van der Waals surface area contributed by atoms with E-state index < -0.39 is 79.7 Å². The van der Waals surface area contributed by atoms with E-state index in [9.17, 15) is 38.8 Å². The van der Waals surface area contributed by atoms with Gasteiger partial charge < -0.3 is 29.1 Å². The maximum absolute atomic E-state index is 12.8. The Labute approximate surface area is 208 Å². The predicted molar refractivity (Wildman–Crippen MR) is 126 cm³/mol. The molecule has 0 saturated carbocycles. The minimum atomic E-state index is -4.28. The minimum absolute atomic E-state index is 0.0325. The van der Waals surface area contributed by atoms with Gasteiger partial charge in [0.1, 0.15) is 18.6 Å². The van der Waals surface area contributed by atoms with Gasteiger partial charge in [0.05, 0.1) is 31.1 Å². The summed E-state index contributed by atoms with van der Waals surface area (Å²) in [5.41, 5.74) is -1.98. The second-order valence-electron chi connectivity index (χ2n) is 9.23. The van der Waals surface area contributed by atoms with Crippen molar-refractivity contribution in [3.05, 3.63) is 65.2 Å². The lowest BCUT2D eigenvalue weighted by Crippen LogP contribution is -2.33. The van der Waals surface area contributed by atoms with Crippen molar-refractivity contribution in [2.24, 2.45) is 0 Å². The van der Waals surface area contributed by atoms with E-state index in [-0.39, 0.29) is 30.4 Å². The van der Waals surface area contributed by atoms with Crippen LogP contribution in [0.15, 0.2) is 31.6 Å². The van der Waals surface area contributed by atoms with Gasteiger partial charge in [0.25, 0.3) is 11.1 Å². The van der Waals surface area contributed by atoms with Crippen molar-refractivity contribution in [3.8, 4) is 0 Å². The molecule has 7 atom stereocenters. The van der Waals surface area contributed by atoms with Gasteiger partial charge in [-0.25, -0.2) is 9.59 Å². The van der Waals surface area contributed by atoms with Crippen molar-refractivity contribution in [2.75, 3.05) is 12.8 Å². The largest absolute Gasteiger partial charge is 0.394 e. The number of rotatable bonds is 8. The number of hydrogen-bond donors (Lipinski definition) is 5. The van der Waals surface area contributed by atoms with E-state index in [0.717, 1.165) is 9.13 Å². The molecule has 2 aromatic rings. The molecule has 0 aromatic carbocycles. The first-order valence-electron chi connectivity index (χ1n) is 11.6. The topological polar surface area (TPSA) is 215 Å². The second kappa shape index (κ2) is 10.6. The minimum Gasteiger partial charge on any atom is -0.394 e. The Balaban J connectivity index is 1.39. The third-order valence-corrected chi connectivity index (χ3v) is 7.90. The summed E-state index contributed by atoms with van der Waals surface area (Å²) in [6.07, 6.45) is -3.64. The Morgan fingerprint density at radius 3 is 2.03 bits per heavy atom. The zero-order valence-corrected chi connectivity index (χ0v) is 21.0. The first-order valence-corrected chi connectivity index (χ1v) is 13.4. The van der Waals surface area contributed by atoms with Crippen LogP contribution in [0.4, 0.5) is 0 Å². The third-order valence-electron chi connectivity index (χ3n) is 6.47. The molecule has 5 N–H and O–H groups in total. The van der Waals surface area contributed by atoms with Crippen LogP contribution in [0.5, 0.6) is 0 Å². The van der Waals surface area contributed by atoms with Crippen molar-refractivity contribution >= 4 is 7.60 Å². The molecule has 4 rings (SSSR count). The summed E-state index contributed by atoms with van der Waals surface area (Å²) < 4.78 is 31.9. The number of aromatic nitrogens is 4. The van der Waals surface area contributed by atoms with Crippen molar-refractivity contribution < 1.29 is 33.7 Å². The highest BCUT2D eigenvalue weighted by molar-refractivity contribution is 7.52. The Hall–Kier alpha value is -2.65. The molecule has 16 heteroatoms. The molecule has 15 nitrogen and oxygen atoms in total. The molecule has 2 aliphatic rings. The number of ether oxygens (including phenoxy) is 2. The van der Waals surface area contributed by atoms with E-state index in [1.54, 1.807) is 0 Å². The molecule has 0 aliphatic carbocycles. The number of H-pyrrole nitrogens is 2.